The number of thiazole rings is 1. The molecule has 2 rings (SSSR count). The number of carbonyl (C=O) groups excluding carboxylic acids is 1. The molecule has 0 radical (unpaired) electrons. The second kappa shape index (κ2) is 4.27. The third-order valence-electron chi connectivity index (χ3n) is 3.28. The molecule has 17 heavy (non-hydrogen) atoms. The maximum atomic E-state index is 12.1. The Hall–Kier alpha value is -1.14. The lowest BCUT2D eigenvalue weighted by Gasteiger charge is -2.44. The van der Waals surface area contributed by atoms with E-state index in [1.807, 2.05) is 20.9 Å². The molecule has 1 aliphatic rings. The normalized spacial score (nSPS) is 20.9. The van der Waals surface area contributed by atoms with Crippen LogP contribution in [0.3, 0.4) is 0 Å². The van der Waals surface area contributed by atoms with Crippen molar-refractivity contribution in [3.63, 3.8) is 0 Å². The molecule has 94 valence electrons. The number of amides is 1. The molecule has 0 bridgehead atoms. The van der Waals surface area contributed by atoms with Crippen LogP contribution in [-0.2, 0) is 11.3 Å². The molecule has 6 heteroatoms. The van der Waals surface area contributed by atoms with Gasteiger partial charge in [0.15, 0.2) is 5.13 Å². The smallest absolute Gasteiger partial charge is 0.242 e. The fourth-order valence-electron chi connectivity index (χ4n) is 2.11. The highest BCUT2D eigenvalue weighted by Gasteiger charge is 2.40. The first-order valence-corrected chi connectivity index (χ1v) is 6.43. The summed E-state index contributed by atoms with van der Waals surface area (Å²) in [7, 11) is 1.85. The summed E-state index contributed by atoms with van der Waals surface area (Å²) in [5.41, 5.74) is 5.16. The fourth-order valence-corrected chi connectivity index (χ4v) is 2.81. The van der Waals surface area contributed by atoms with Crippen LogP contribution in [0.1, 0.15) is 18.7 Å². The van der Waals surface area contributed by atoms with Gasteiger partial charge in [0.25, 0.3) is 0 Å². The predicted molar refractivity (Wildman–Crippen MR) is 68.7 cm³/mol. The maximum absolute atomic E-state index is 12.1. The van der Waals surface area contributed by atoms with Gasteiger partial charge in [0.1, 0.15) is 0 Å². The van der Waals surface area contributed by atoms with Crippen molar-refractivity contribution < 1.29 is 4.79 Å². The minimum absolute atomic E-state index is 0.168. The summed E-state index contributed by atoms with van der Waals surface area (Å²) in [4.78, 5) is 21.2. The maximum Gasteiger partial charge on any atom is 0.242 e. The van der Waals surface area contributed by atoms with Gasteiger partial charge in [-0.3, -0.25) is 9.69 Å². The molecule has 0 saturated carbocycles. The first-order valence-electron chi connectivity index (χ1n) is 5.62. The summed E-state index contributed by atoms with van der Waals surface area (Å²) in [6.07, 6.45) is 1.79. The predicted octanol–water partition coefficient (Wildman–Crippen LogP) is 0.778. The van der Waals surface area contributed by atoms with E-state index in [1.165, 1.54) is 11.3 Å². The molecule has 1 aromatic heterocycles. The first kappa shape index (κ1) is 12.3. The quantitative estimate of drug-likeness (QED) is 0.847. The Morgan fingerprint density at radius 3 is 2.82 bits per heavy atom. The minimum Gasteiger partial charge on any atom is -0.375 e. The molecule has 2 heterocycles. The van der Waals surface area contributed by atoms with Crippen LogP contribution in [-0.4, -0.2) is 46.4 Å². The van der Waals surface area contributed by atoms with Crippen molar-refractivity contribution in [2.45, 2.75) is 25.9 Å². The summed E-state index contributed by atoms with van der Waals surface area (Å²) in [5.74, 6) is 0.168. The van der Waals surface area contributed by atoms with Crippen LogP contribution in [0.4, 0.5) is 5.13 Å². The van der Waals surface area contributed by atoms with Crippen LogP contribution in [0.5, 0.6) is 0 Å². The molecule has 0 unspecified atom stereocenters. The van der Waals surface area contributed by atoms with E-state index in [1.54, 1.807) is 11.1 Å². The van der Waals surface area contributed by atoms with Gasteiger partial charge in [-0.05, 0) is 13.8 Å². The summed E-state index contributed by atoms with van der Waals surface area (Å²) >= 11 is 1.48. The molecular weight excluding hydrogens is 236 g/mol. The molecule has 1 aromatic rings. The van der Waals surface area contributed by atoms with Crippen molar-refractivity contribution in [2.24, 2.45) is 0 Å². The van der Waals surface area contributed by atoms with Crippen LogP contribution in [0, 0.1) is 0 Å². The lowest BCUT2D eigenvalue weighted by molar-refractivity contribution is -0.147. The average Bonchev–Trinajstić information content (AvgIpc) is 2.66. The van der Waals surface area contributed by atoms with Crippen molar-refractivity contribution >= 4 is 22.4 Å². The summed E-state index contributed by atoms with van der Waals surface area (Å²) in [5, 5.41) is 0.582. The van der Waals surface area contributed by atoms with Crippen molar-refractivity contribution in [1.82, 2.24) is 14.8 Å². The Bertz CT molecular complexity index is 429. The zero-order valence-electron chi connectivity index (χ0n) is 10.4. The largest absolute Gasteiger partial charge is 0.375 e. The summed E-state index contributed by atoms with van der Waals surface area (Å²) < 4.78 is 0. The zero-order valence-corrected chi connectivity index (χ0v) is 11.3. The van der Waals surface area contributed by atoms with Crippen molar-refractivity contribution in [2.75, 3.05) is 25.9 Å². The molecule has 5 nitrogen and oxygen atoms in total. The number of aromatic nitrogens is 1. The average molecular weight is 254 g/mol. The van der Waals surface area contributed by atoms with Crippen molar-refractivity contribution in [3.05, 3.63) is 11.1 Å². The Morgan fingerprint density at radius 2 is 2.24 bits per heavy atom. The molecule has 0 aromatic carbocycles. The Morgan fingerprint density at radius 1 is 1.53 bits per heavy atom. The number of hydrogen-bond donors (Lipinski definition) is 1. The number of rotatable bonds is 2. The second-order valence-corrected chi connectivity index (χ2v) is 6.02. The third-order valence-corrected chi connectivity index (χ3v) is 4.10. The van der Waals surface area contributed by atoms with E-state index in [0.717, 1.165) is 24.5 Å². The van der Waals surface area contributed by atoms with E-state index in [2.05, 4.69) is 9.88 Å². The number of nitrogens with two attached hydrogens (primary N) is 1. The second-order valence-electron chi connectivity index (χ2n) is 4.87. The van der Waals surface area contributed by atoms with Crippen LogP contribution in [0.15, 0.2) is 6.20 Å². The topological polar surface area (TPSA) is 62.5 Å². The van der Waals surface area contributed by atoms with E-state index < -0.39 is 5.54 Å². The first-order chi connectivity index (χ1) is 7.91. The van der Waals surface area contributed by atoms with Gasteiger partial charge in [0.2, 0.25) is 5.91 Å². The van der Waals surface area contributed by atoms with E-state index >= 15 is 0 Å². The molecule has 0 aliphatic carbocycles. The summed E-state index contributed by atoms with van der Waals surface area (Å²) in [6.45, 7) is 6.33. The van der Waals surface area contributed by atoms with Gasteiger partial charge in [0, 0.05) is 37.8 Å². The van der Waals surface area contributed by atoms with Gasteiger partial charge in [-0.25, -0.2) is 4.98 Å². The molecule has 1 aliphatic heterocycles. The van der Waals surface area contributed by atoms with Crippen LogP contribution in [0.2, 0.25) is 0 Å². The number of hydrogen-bond acceptors (Lipinski definition) is 5. The number of likely N-dealkylation sites (N-methyl/N-ethyl adjacent to an activating group) is 1. The Balaban J connectivity index is 2.13. The highest BCUT2D eigenvalue weighted by molar-refractivity contribution is 7.15. The third kappa shape index (κ3) is 2.28. The van der Waals surface area contributed by atoms with Crippen molar-refractivity contribution in [1.29, 1.82) is 0 Å². The van der Waals surface area contributed by atoms with E-state index in [0.29, 0.717) is 5.13 Å². The highest BCUT2D eigenvalue weighted by atomic mass is 32.1. The molecule has 0 atom stereocenters. The molecular formula is C11H18N4OS. The number of nitrogens with zero attached hydrogens (tertiary/aromatic N) is 3. The van der Waals surface area contributed by atoms with Crippen molar-refractivity contribution in [3.8, 4) is 0 Å². The molecule has 1 fully saturated rings. The van der Waals surface area contributed by atoms with E-state index in [4.69, 9.17) is 5.73 Å². The van der Waals surface area contributed by atoms with E-state index in [-0.39, 0.29) is 5.91 Å². The zero-order chi connectivity index (χ0) is 12.6. The van der Waals surface area contributed by atoms with E-state index in [9.17, 15) is 4.79 Å². The standard InChI is InChI=1S/C11H18N4OS/c1-11(2)9(16)14(3)4-5-15(11)7-8-6-13-10(12)17-8/h6H,4-5,7H2,1-3H3,(H2,12,13). The number of nitrogen functional groups attached to an aromatic ring is 1. The molecule has 2 N–H and O–H groups in total. The van der Waals surface area contributed by atoms with Gasteiger partial charge >= 0.3 is 0 Å². The van der Waals surface area contributed by atoms with Crippen LogP contribution in [0.25, 0.3) is 0 Å². The SMILES string of the molecule is CN1CCN(Cc2cnc(N)s2)C(C)(C)C1=O. The molecule has 0 spiro atoms. The van der Waals surface area contributed by atoms with Gasteiger partial charge < -0.3 is 10.6 Å². The van der Waals surface area contributed by atoms with Gasteiger partial charge in [-0.2, -0.15) is 0 Å². The van der Waals surface area contributed by atoms with Crippen LogP contribution < -0.4 is 5.73 Å². The number of carbonyl (C=O) groups is 1. The monoisotopic (exact) mass is 254 g/mol. The minimum atomic E-state index is -0.453. The van der Waals surface area contributed by atoms with Gasteiger partial charge in [-0.15, -0.1) is 11.3 Å². The lowest BCUT2D eigenvalue weighted by atomic mass is 9.98. The lowest BCUT2D eigenvalue weighted by Crippen LogP contribution is -2.61. The number of anilines is 1. The number of piperazine rings is 1. The van der Waals surface area contributed by atoms with Crippen LogP contribution >= 0.6 is 11.3 Å². The Kier molecular flexibility index (Phi) is 3.09. The highest BCUT2D eigenvalue weighted by Crippen LogP contribution is 2.26. The van der Waals surface area contributed by atoms with Gasteiger partial charge in [0.05, 0.1) is 5.54 Å². The molecule has 1 amide bonds. The van der Waals surface area contributed by atoms with Gasteiger partial charge in [-0.1, -0.05) is 0 Å². The summed E-state index contributed by atoms with van der Waals surface area (Å²) in [6, 6.07) is 0. The Labute approximate surface area is 105 Å². The molecule has 1 saturated heterocycles. The fraction of sp³-hybridized carbons (Fsp3) is 0.636.